The number of nitro groups is 1. The highest BCUT2D eigenvalue weighted by Gasteiger charge is 2.13. The van der Waals surface area contributed by atoms with E-state index >= 15 is 0 Å². The molecule has 0 aliphatic carbocycles. The van der Waals surface area contributed by atoms with Crippen LogP contribution in [0.15, 0.2) is 40.9 Å². The fourth-order valence-electron chi connectivity index (χ4n) is 2.25. The monoisotopic (exact) mass is 465 g/mol. The minimum atomic E-state index is -0.469. The number of rotatable bonds is 6. The molecule has 148 valence electrons. The molecule has 0 saturated heterocycles. The summed E-state index contributed by atoms with van der Waals surface area (Å²) in [6, 6.07) is 9.37. The summed E-state index contributed by atoms with van der Waals surface area (Å²) in [6.45, 7) is 6.39. The Morgan fingerprint density at radius 2 is 2.00 bits per heavy atom. The molecule has 2 aromatic rings. The fourth-order valence-corrected chi connectivity index (χ4v) is 2.94. The summed E-state index contributed by atoms with van der Waals surface area (Å²) in [7, 11) is 0. The van der Waals surface area contributed by atoms with E-state index in [0.29, 0.717) is 39.6 Å². The number of hydrogen-bond acceptors (Lipinski definition) is 5. The van der Waals surface area contributed by atoms with Crippen LogP contribution in [0.4, 0.5) is 11.4 Å². The van der Waals surface area contributed by atoms with Gasteiger partial charge in [-0.15, -0.1) is 0 Å². The summed E-state index contributed by atoms with van der Waals surface area (Å²) in [4.78, 5) is 22.7. The third-order valence-electron chi connectivity index (χ3n) is 3.66. The molecule has 0 aliphatic heterocycles. The second-order valence-electron chi connectivity index (χ2n) is 6.51. The maximum absolute atomic E-state index is 12.4. The molecule has 1 amide bonds. The number of aryl methyl sites for hydroxylation is 1. The Kier molecular flexibility index (Phi) is 7.47. The first kappa shape index (κ1) is 21.8. The van der Waals surface area contributed by atoms with Gasteiger partial charge in [0.25, 0.3) is 11.6 Å². The molecule has 0 unspecified atom stereocenters. The van der Waals surface area contributed by atoms with Crippen LogP contribution in [0, 0.1) is 23.0 Å². The van der Waals surface area contributed by atoms with Crippen LogP contribution in [-0.4, -0.2) is 22.5 Å². The van der Waals surface area contributed by atoms with Crippen molar-refractivity contribution in [3.05, 3.63) is 62.1 Å². The van der Waals surface area contributed by atoms with Gasteiger partial charge in [0.2, 0.25) is 0 Å². The van der Waals surface area contributed by atoms with Crippen LogP contribution in [0.25, 0.3) is 0 Å². The molecule has 0 atom stereocenters. The van der Waals surface area contributed by atoms with E-state index in [9.17, 15) is 14.9 Å². The molecule has 28 heavy (non-hydrogen) atoms. The third-order valence-corrected chi connectivity index (χ3v) is 4.49. The van der Waals surface area contributed by atoms with Gasteiger partial charge in [-0.25, -0.2) is 0 Å². The lowest BCUT2D eigenvalue weighted by Gasteiger charge is -2.13. The number of nitro benzene ring substituents is 1. The molecule has 2 aromatic carbocycles. The number of hydrogen-bond donors (Lipinski definition) is 2. The predicted octanol–water partition coefficient (Wildman–Crippen LogP) is 4.83. The molecule has 0 saturated carbocycles. The van der Waals surface area contributed by atoms with Gasteiger partial charge in [0, 0.05) is 23.4 Å². The van der Waals surface area contributed by atoms with Crippen LogP contribution in [0.2, 0.25) is 0 Å². The smallest absolute Gasteiger partial charge is 0.269 e. The van der Waals surface area contributed by atoms with Gasteiger partial charge in [-0.1, -0.05) is 13.8 Å². The van der Waals surface area contributed by atoms with E-state index < -0.39 is 4.92 Å². The molecule has 7 nitrogen and oxygen atoms in total. The Hall–Kier alpha value is -2.52. The quantitative estimate of drug-likeness (QED) is 0.360. The van der Waals surface area contributed by atoms with Crippen molar-refractivity contribution in [1.82, 2.24) is 5.32 Å². The number of ether oxygens (including phenoxy) is 1. The summed E-state index contributed by atoms with van der Waals surface area (Å²) in [5.41, 5.74) is 1.62. The fraction of sp³-hybridized carbons (Fsp3) is 0.263. The maximum atomic E-state index is 12.4. The molecule has 0 radical (unpaired) electrons. The summed E-state index contributed by atoms with van der Waals surface area (Å²) in [5, 5.41) is 16.4. The maximum Gasteiger partial charge on any atom is 0.269 e. The predicted molar refractivity (Wildman–Crippen MR) is 116 cm³/mol. The lowest BCUT2D eigenvalue weighted by Crippen LogP contribution is -2.34. The van der Waals surface area contributed by atoms with Crippen LogP contribution in [0.1, 0.15) is 29.8 Å². The second-order valence-corrected chi connectivity index (χ2v) is 7.78. The molecular formula is C19H20BrN3O4S. The molecule has 0 bridgehead atoms. The van der Waals surface area contributed by atoms with Crippen LogP contribution in [0.3, 0.4) is 0 Å². The Balaban J connectivity index is 2.01. The Labute approximate surface area is 176 Å². The average Bonchev–Trinajstić information content (AvgIpc) is 2.61. The van der Waals surface area contributed by atoms with Gasteiger partial charge in [-0.3, -0.25) is 20.2 Å². The van der Waals surface area contributed by atoms with Crippen molar-refractivity contribution in [2.45, 2.75) is 20.8 Å². The molecule has 0 fully saturated rings. The van der Waals surface area contributed by atoms with Crippen molar-refractivity contribution in [2.75, 3.05) is 11.9 Å². The Morgan fingerprint density at radius 3 is 2.57 bits per heavy atom. The average molecular weight is 466 g/mol. The van der Waals surface area contributed by atoms with Gasteiger partial charge < -0.3 is 10.1 Å². The zero-order valence-electron chi connectivity index (χ0n) is 15.6. The number of carbonyl (C=O) groups excluding carboxylic acids is 1. The van der Waals surface area contributed by atoms with E-state index in [0.717, 1.165) is 0 Å². The topological polar surface area (TPSA) is 93.5 Å². The van der Waals surface area contributed by atoms with E-state index in [4.69, 9.17) is 17.0 Å². The SMILES string of the molecule is Cc1cc([N+](=O)[O-])ccc1NC(=S)NC(=O)c1ccc(OCC(C)C)c(Br)c1. The summed E-state index contributed by atoms with van der Waals surface area (Å²) in [5.74, 6) is 0.668. The molecule has 0 heterocycles. The molecule has 0 spiro atoms. The van der Waals surface area contributed by atoms with Crippen molar-refractivity contribution in [3.63, 3.8) is 0 Å². The highest BCUT2D eigenvalue weighted by Crippen LogP contribution is 2.26. The van der Waals surface area contributed by atoms with Crippen molar-refractivity contribution in [1.29, 1.82) is 0 Å². The van der Waals surface area contributed by atoms with Gasteiger partial charge in [0.1, 0.15) is 5.75 Å². The van der Waals surface area contributed by atoms with Crippen LogP contribution in [-0.2, 0) is 0 Å². The Bertz CT molecular complexity index is 918. The second kappa shape index (κ2) is 9.61. The molecule has 2 N–H and O–H groups in total. The van der Waals surface area contributed by atoms with E-state index in [1.165, 1.54) is 12.1 Å². The van der Waals surface area contributed by atoms with Crippen LogP contribution >= 0.6 is 28.1 Å². The number of nitrogens with one attached hydrogen (secondary N) is 2. The summed E-state index contributed by atoms with van der Waals surface area (Å²) >= 11 is 8.58. The highest BCUT2D eigenvalue weighted by atomic mass is 79.9. The molecule has 9 heteroatoms. The third kappa shape index (κ3) is 6.00. The van der Waals surface area contributed by atoms with E-state index in [-0.39, 0.29) is 16.7 Å². The molecule has 0 aromatic heterocycles. The first-order valence-corrected chi connectivity index (χ1v) is 9.67. The number of anilines is 1. The highest BCUT2D eigenvalue weighted by molar-refractivity contribution is 9.10. The first-order valence-electron chi connectivity index (χ1n) is 8.47. The van der Waals surface area contributed by atoms with Crippen molar-refractivity contribution < 1.29 is 14.5 Å². The number of carbonyl (C=O) groups is 1. The number of nitrogens with zero attached hydrogens (tertiary/aromatic N) is 1. The van der Waals surface area contributed by atoms with Crippen molar-refractivity contribution in [2.24, 2.45) is 5.92 Å². The molecular weight excluding hydrogens is 446 g/mol. The first-order chi connectivity index (χ1) is 13.2. The number of amides is 1. The van der Waals surface area contributed by atoms with Gasteiger partial charge in [0.05, 0.1) is 16.0 Å². The molecule has 2 rings (SSSR count). The van der Waals surface area contributed by atoms with Crippen molar-refractivity contribution >= 4 is 50.5 Å². The number of non-ortho nitro benzene ring substituents is 1. The molecule has 0 aliphatic rings. The minimum absolute atomic E-state index is 0.0115. The number of thiocarbonyl (C=S) groups is 1. The van der Waals surface area contributed by atoms with Crippen LogP contribution < -0.4 is 15.4 Å². The standard InChI is InChI=1S/C19H20BrN3O4S/c1-11(2)10-27-17-7-4-13(9-15(17)20)18(24)22-19(28)21-16-6-5-14(23(25)26)8-12(16)3/h4-9,11H,10H2,1-3H3,(H2,21,22,24,28). The number of benzene rings is 2. The van der Waals surface area contributed by atoms with Gasteiger partial charge in [-0.05, 0) is 70.8 Å². The van der Waals surface area contributed by atoms with Gasteiger partial charge in [-0.2, -0.15) is 0 Å². The summed E-state index contributed by atoms with van der Waals surface area (Å²) in [6.07, 6.45) is 0. The minimum Gasteiger partial charge on any atom is -0.492 e. The number of halogens is 1. The zero-order chi connectivity index (χ0) is 20.8. The summed E-state index contributed by atoms with van der Waals surface area (Å²) < 4.78 is 6.34. The van der Waals surface area contributed by atoms with Crippen LogP contribution in [0.5, 0.6) is 5.75 Å². The zero-order valence-corrected chi connectivity index (χ0v) is 18.0. The van der Waals surface area contributed by atoms with Crippen molar-refractivity contribution in [3.8, 4) is 5.75 Å². The van der Waals surface area contributed by atoms with E-state index in [2.05, 4.69) is 40.4 Å². The van der Waals surface area contributed by atoms with Gasteiger partial charge >= 0.3 is 0 Å². The Morgan fingerprint density at radius 1 is 1.29 bits per heavy atom. The lowest BCUT2D eigenvalue weighted by molar-refractivity contribution is -0.384. The largest absolute Gasteiger partial charge is 0.492 e. The van der Waals surface area contributed by atoms with Gasteiger partial charge in [0.15, 0.2) is 5.11 Å². The lowest BCUT2D eigenvalue weighted by atomic mass is 10.2. The van der Waals surface area contributed by atoms with E-state index in [1.807, 2.05) is 0 Å². The normalized spacial score (nSPS) is 10.5. The van der Waals surface area contributed by atoms with E-state index in [1.54, 1.807) is 31.2 Å².